The number of carbonyl (C=O) groups is 4. The molecule has 3 rings (SSSR count). The Labute approximate surface area is 224 Å². The van der Waals surface area contributed by atoms with E-state index in [2.05, 4.69) is 21.2 Å². The lowest BCUT2D eigenvalue weighted by molar-refractivity contribution is -0.125. The number of aryl methyl sites for hydroxylation is 1. The topological polar surface area (TPSA) is 139 Å². The van der Waals surface area contributed by atoms with Crippen LogP contribution in [0.3, 0.4) is 0 Å². The van der Waals surface area contributed by atoms with Crippen LogP contribution in [0.1, 0.15) is 37.0 Å². The number of hydrogen-bond acceptors (Lipinski definition) is 8. The second-order valence-corrected chi connectivity index (χ2v) is 9.22. The number of amides is 4. The fourth-order valence-corrected chi connectivity index (χ4v) is 4.12. The van der Waals surface area contributed by atoms with E-state index >= 15 is 0 Å². The second-order valence-electron chi connectivity index (χ2n) is 8.28. The van der Waals surface area contributed by atoms with Gasteiger partial charge in [-0.3, -0.25) is 25.2 Å². The van der Waals surface area contributed by atoms with Crippen LogP contribution in [0.2, 0.25) is 0 Å². The van der Waals surface area contributed by atoms with Crippen molar-refractivity contribution in [2.45, 2.75) is 26.1 Å². The van der Waals surface area contributed by atoms with E-state index in [1.165, 1.54) is 35.5 Å². The van der Waals surface area contributed by atoms with Crippen molar-refractivity contribution in [3.05, 3.63) is 87.4 Å². The first-order chi connectivity index (χ1) is 18.3. The number of rotatable bonds is 10. The van der Waals surface area contributed by atoms with E-state index in [-0.39, 0.29) is 24.7 Å². The van der Waals surface area contributed by atoms with Crippen LogP contribution in [0.5, 0.6) is 0 Å². The van der Waals surface area contributed by atoms with Crippen molar-refractivity contribution in [3.8, 4) is 0 Å². The number of methoxy groups -OCH3 is 1. The van der Waals surface area contributed by atoms with Crippen LogP contribution < -0.4 is 16.2 Å². The molecule has 0 spiro atoms. The lowest BCUT2D eigenvalue weighted by Gasteiger charge is -2.18. The molecule has 1 atom stereocenters. The van der Waals surface area contributed by atoms with Gasteiger partial charge < -0.3 is 19.7 Å². The van der Waals surface area contributed by atoms with E-state index in [4.69, 9.17) is 9.47 Å². The Morgan fingerprint density at radius 3 is 2.45 bits per heavy atom. The Bertz CT molecular complexity index is 1270. The maximum atomic E-state index is 12.8. The number of ether oxygens (including phenoxy) is 2. The van der Waals surface area contributed by atoms with E-state index in [0.29, 0.717) is 12.1 Å². The van der Waals surface area contributed by atoms with Crippen LogP contribution >= 0.6 is 11.3 Å². The molecule has 0 aliphatic carbocycles. The largest absolute Gasteiger partial charge is 0.445 e. The zero-order valence-corrected chi connectivity index (χ0v) is 22.0. The van der Waals surface area contributed by atoms with Crippen LogP contribution in [-0.2, 0) is 27.4 Å². The number of benzene rings is 2. The highest BCUT2D eigenvalue weighted by Crippen LogP contribution is 2.14. The summed E-state index contributed by atoms with van der Waals surface area (Å²) in [4.78, 5) is 56.1. The molecule has 3 N–H and O–H groups in total. The van der Waals surface area contributed by atoms with Gasteiger partial charge in [-0.2, -0.15) is 0 Å². The first kappa shape index (κ1) is 28.3. The number of nitrogens with zero attached hydrogens (tertiary/aromatic N) is 2. The summed E-state index contributed by atoms with van der Waals surface area (Å²) < 4.78 is 10.1. The lowest BCUT2D eigenvalue weighted by Crippen LogP contribution is -2.54. The predicted octanol–water partition coefficient (Wildman–Crippen LogP) is 2.43. The minimum atomic E-state index is -1.13. The summed E-state index contributed by atoms with van der Waals surface area (Å²) in [5.41, 5.74) is 6.69. The van der Waals surface area contributed by atoms with Crippen molar-refractivity contribution in [3.63, 3.8) is 0 Å². The van der Waals surface area contributed by atoms with Crippen LogP contribution in [0, 0.1) is 6.92 Å². The zero-order chi connectivity index (χ0) is 27.5. The van der Waals surface area contributed by atoms with Gasteiger partial charge in [0.2, 0.25) is 0 Å². The van der Waals surface area contributed by atoms with Crippen LogP contribution in [-0.4, -0.2) is 60.5 Å². The summed E-state index contributed by atoms with van der Waals surface area (Å²) in [6, 6.07) is 14.0. The van der Waals surface area contributed by atoms with E-state index < -0.39 is 23.9 Å². The zero-order valence-electron chi connectivity index (χ0n) is 21.2. The van der Waals surface area contributed by atoms with Gasteiger partial charge in [-0.15, -0.1) is 11.3 Å². The Kier molecular flexibility index (Phi) is 10.3. The third-order valence-electron chi connectivity index (χ3n) is 5.21. The molecule has 2 aromatic carbocycles. The Hall–Kier alpha value is -4.29. The highest BCUT2D eigenvalue weighted by molar-refractivity contribution is 7.09. The standard InChI is InChI=1S/C26H29N5O6S/c1-17-16-38-22(27-17)13-31(2)25(34)20-11-7-10-19(12-20)23(32)29-30-24(33)21(15-36-3)28-26(35)37-14-18-8-5-4-6-9-18/h4-12,16,21H,13-15H2,1-3H3,(H,28,35)(H,29,32)(H,30,33). The molecule has 0 fully saturated rings. The summed E-state index contributed by atoms with van der Waals surface area (Å²) in [6.45, 7) is 2.09. The molecule has 0 aliphatic heterocycles. The normalized spacial score (nSPS) is 11.2. The van der Waals surface area contributed by atoms with E-state index in [1.807, 2.05) is 30.5 Å². The lowest BCUT2D eigenvalue weighted by atomic mass is 10.1. The number of hydrazine groups is 1. The minimum absolute atomic E-state index is 0.0262. The molecule has 0 radical (unpaired) electrons. The molecule has 200 valence electrons. The van der Waals surface area contributed by atoms with E-state index in [9.17, 15) is 19.2 Å². The molecule has 38 heavy (non-hydrogen) atoms. The van der Waals surface area contributed by atoms with Gasteiger partial charge in [0.05, 0.1) is 13.2 Å². The summed E-state index contributed by atoms with van der Waals surface area (Å²) in [6.07, 6.45) is -0.819. The fraction of sp³-hybridized carbons (Fsp3) is 0.269. The number of carbonyl (C=O) groups excluding carboxylic acids is 4. The van der Waals surface area contributed by atoms with Crippen molar-refractivity contribution in [1.29, 1.82) is 0 Å². The molecule has 1 aromatic heterocycles. The van der Waals surface area contributed by atoms with Gasteiger partial charge in [0.25, 0.3) is 17.7 Å². The average molecular weight is 540 g/mol. The van der Waals surface area contributed by atoms with Crippen LogP contribution in [0.25, 0.3) is 0 Å². The number of nitrogens with one attached hydrogen (secondary N) is 3. The maximum Gasteiger partial charge on any atom is 0.408 e. The van der Waals surface area contributed by atoms with Gasteiger partial charge in [-0.05, 0) is 30.7 Å². The summed E-state index contributed by atoms with van der Waals surface area (Å²) >= 11 is 1.47. The Balaban J connectivity index is 1.53. The molecule has 0 saturated heterocycles. The third-order valence-corrected chi connectivity index (χ3v) is 6.16. The van der Waals surface area contributed by atoms with Crippen LogP contribution in [0.15, 0.2) is 60.0 Å². The predicted molar refractivity (Wildman–Crippen MR) is 140 cm³/mol. The molecule has 0 bridgehead atoms. The van der Waals surface area contributed by atoms with Gasteiger partial charge in [-0.1, -0.05) is 36.4 Å². The van der Waals surface area contributed by atoms with Crippen molar-refractivity contribution < 1.29 is 28.7 Å². The van der Waals surface area contributed by atoms with Gasteiger partial charge in [-0.25, -0.2) is 9.78 Å². The number of aromatic nitrogens is 1. The number of thiazole rings is 1. The second kappa shape index (κ2) is 13.9. The van der Waals surface area contributed by atoms with E-state index in [1.54, 1.807) is 31.3 Å². The molecular weight excluding hydrogens is 510 g/mol. The summed E-state index contributed by atoms with van der Waals surface area (Å²) in [7, 11) is 3.02. The molecule has 1 unspecified atom stereocenters. The van der Waals surface area contributed by atoms with Crippen molar-refractivity contribution >= 4 is 35.2 Å². The van der Waals surface area contributed by atoms with Crippen LogP contribution in [0.4, 0.5) is 4.79 Å². The first-order valence-corrected chi connectivity index (χ1v) is 12.5. The SMILES string of the molecule is COCC(NC(=O)OCc1ccccc1)C(=O)NNC(=O)c1cccc(C(=O)N(C)Cc2nc(C)cs2)c1. The first-order valence-electron chi connectivity index (χ1n) is 11.6. The summed E-state index contributed by atoms with van der Waals surface area (Å²) in [5, 5.41) is 5.12. The van der Waals surface area contributed by atoms with Gasteiger partial charge >= 0.3 is 6.09 Å². The molecule has 0 aliphatic rings. The molecular formula is C26H29N5O6S. The Morgan fingerprint density at radius 2 is 1.76 bits per heavy atom. The van der Waals surface area contributed by atoms with E-state index in [0.717, 1.165) is 16.3 Å². The fourth-order valence-electron chi connectivity index (χ4n) is 3.30. The average Bonchev–Trinajstić information content (AvgIpc) is 3.34. The van der Waals surface area contributed by atoms with Crippen molar-refractivity contribution in [1.82, 2.24) is 26.1 Å². The maximum absolute atomic E-state index is 12.8. The van der Waals surface area contributed by atoms with Gasteiger partial charge in [0.1, 0.15) is 17.7 Å². The quantitative estimate of drug-likeness (QED) is 0.336. The summed E-state index contributed by atoms with van der Waals surface area (Å²) in [5.74, 6) is -1.65. The highest BCUT2D eigenvalue weighted by Gasteiger charge is 2.23. The molecule has 1 heterocycles. The molecule has 0 saturated carbocycles. The van der Waals surface area contributed by atoms with Crippen molar-refractivity contribution in [2.75, 3.05) is 20.8 Å². The molecule has 4 amide bonds. The minimum Gasteiger partial charge on any atom is -0.445 e. The van der Waals surface area contributed by atoms with Gasteiger partial charge in [0, 0.05) is 36.4 Å². The smallest absolute Gasteiger partial charge is 0.408 e. The molecule has 11 nitrogen and oxygen atoms in total. The van der Waals surface area contributed by atoms with Crippen molar-refractivity contribution in [2.24, 2.45) is 0 Å². The third kappa shape index (κ3) is 8.39. The molecule has 3 aromatic rings. The molecule has 12 heteroatoms. The number of alkyl carbamates (subject to hydrolysis) is 1. The Morgan fingerprint density at radius 1 is 1.03 bits per heavy atom. The monoisotopic (exact) mass is 539 g/mol. The highest BCUT2D eigenvalue weighted by atomic mass is 32.1. The number of hydrogen-bond donors (Lipinski definition) is 3. The van der Waals surface area contributed by atoms with Gasteiger partial charge in [0.15, 0.2) is 0 Å².